The molecule has 1 aliphatic rings. The van der Waals surface area contributed by atoms with Crippen LogP contribution in [0, 0.1) is 18.8 Å². The van der Waals surface area contributed by atoms with E-state index >= 15 is 0 Å². The molecule has 4 nitrogen and oxygen atoms in total. The predicted molar refractivity (Wildman–Crippen MR) is 71.7 cm³/mol. The molecule has 3 heterocycles. The monoisotopic (exact) mass is 326 g/mol. The van der Waals surface area contributed by atoms with Crippen LogP contribution in [0.15, 0.2) is 24.4 Å². The molecule has 1 saturated carbocycles. The summed E-state index contributed by atoms with van der Waals surface area (Å²) in [5.74, 6) is 0.212. The van der Waals surface area contributed by atoms with Crippen LogP contribution >= 0.6 is 0 Å². The van der Waals surface area contributed by atoms with Gasteiger partial charge in [-0.2, -0.15) is 6.07 Å². The Balaban J connectivity index is 0.00000132. The summed E-state index contributed by atoms with van der Waals surface area (Å²) < 4.78 is 15.3. The maximum Gasteiger partial charge on any atom is 0.127 e. The molecule has 0 saturated heterocycles. The zero-order chi connectivity index (χ0) is 13.7. The van der Waals surface area contributed by atoms with Gasteiger partial charge >= 0.3 is 0 Å². The number of rotatable bonds is 2. The van der Waals surface area contributed by atoms with E-state index in [0.29, 0.717) is 28.6 Å². The first-order valence-electron chi connectivity index (χ1n) is 6.61. The maximum absolute atomic E-state index is 13.5. The average Bonchev–Trinajstić information content (AvgIpc) is 3.17. The number of hydrogen-bond acceptors (Lipinski definition) is 3. The van der Waals surface area contributed by atoms with Crippen molar-refractivity contribution in [2.24, 2.45) is 0 Å². The fourth-order valence-corrected chi connectivity index (χ4v) is 2.33. The van der Waals surface area contributed by atoms with Crippen molar-refractivity contribution in [3.63, 3.8) is 0 Å². The molecule has 0 bridgehead atoms. The fraction of sp³-hybridized carbons (Fsp3) is 0.267. The second-order valence-corrected chi connectivity index (χ2v) is 5.17. The van der Waals surface area contributed by atoms with E-state index in [4.69, 9.17) is 0 Å². The third kappa shape index (κ3) is 2.56. The molecule has 3 aromatic heterocycles. The Kier molecular flexibility index (Phi) is 3.50. The van der Waals surface area contributed by atoms with E-state index in [0.717, 1.165) is 18.5 Å². The zero-order valence-corrected chi connectivity index (χ0v) is 12.3. The van der Waals surface area contributed by atoms with Crippen LogP contribution in [0.1, 0.15) is 30.1 Å². The minimum absolute atomic E-state index is 0. The number of aromatic nitrogens is 4. The van der Waals surface area contributed by atoms with Gasteiger partial charge in [0, 0.05) is 40.4 Å². The van der Waals surface area contributed by atoms with Gasteiger partial charge in [0.15, 0.2) is 0 Å². The fourth-order valence-electron chi connectivity index (χ4n) is 2.33. The van der Waals surface area contributed by atoms with E-state index in [2.05, 4.69) is 21.1 Å². The molecule has 1 aliphatic carbocycles. The SMILES string of the molecule is Cc1cc(F)cc(-c2cnc3c[c-]c(C4CC4)nn23)n1.[Co]. The van der Waals surface area contributed by atoms with E-state index in [1.807, 2.05) is 6.07 Å². The van der Waals surface area contributed by atoms with Crippen LogP contribution in [-0.2, 0) is 16.8 Å². The Morgan fingerprint density at radius 2 is 2.14 bits per heavy atom. The Morgan fingerprint density at radius 1 is 1.33 bits per heavy atom. The number of nitrogens with zero attached hydrogens (tertiary/aromatic N) is 4. The van der Waals surface area contributed by atoms with Gasteiger partial charge in [-0.25, -0.2) is 15.6 Å². The number of aryl methyl sites for hydroxylation is 1. The van der Waals surface area contributed by atoms with E-state index in [1.54, 1.807) is 17.6 Å². The molecule has 4 rings (SSSR count). The van der Waals surface area contributed by atoms with Crippen LogP contribution in [0.3, 0.4) is 0 Å². The van der Waals surface area contributed by atoms with Crippen molar-refractivity contribution in [3.05, 3.63) is 47.7 Å². The molecular weight excluding hydrogens is 314 g/mol. The molecule has 0 aromatic carbocycles. The van der Waals surface area contributed by atoms with E-state index in [1.165, 1.54) is 12.1 Å². The van der Waals surface area contributed by atoms with Crippen molar-refractivity contribution in [3.8, 4) is 11.4 Å². The van der Waals surface area contributed by atoms with Crippen LogP contribution < -0.4 is 0 Å². The van der Waals surface area contributed by atoms with Gasteiger partial charge < -0.3 is 4.98 Å². The van der Waals surface area contributed by atoms with Crippen LogP contribution in [0.25, 0.3) is 17.0 Å². The Morgan fingerprint density at radius 3 is 2.86 bits per heavy atom. The van der Waals surface area contributed by atoms with Crippen molar-refractivity contribution in [2.75, 3.05) is 0 Å². The smallest absolute Gasteiger partial charge is 0.127 e. The van der Waals surface area contributed by atoms with Crippen molar-refractivity contribution >= 4 is 5.65 Å². The molecule has 3 aromatic rings. The number of hydrogen-bond donors (Lipinski definition) is 0. The molecule has 0 amide bonds. The molecule has 0 aliphatic heterocycles. The summed E-state index contributed by atoms with van der Waals surface area (Å²) in [5, 5.41) is 4.57. The second-order valence-electron chi connectivity index (χ2n) is 5.17. The molecular formula is C15H12CoFN4-. The molecule has 1 radical (unpaired) electrons. The summed E-state index contributed by atoms with van der Waals surface area (Å²) >= 11 is 0. The Bertz CT molecular complexity index is 790. The Labute approximate surface area is 131 Å². The standard InChI is InChI=1S/C15H12FN4.Co/c1-9-6-11(16)7-13(18-9)14-8-17-15-5-4-12(10-2-3-10)19-20(14)15;/h5-8,10H,2-3H2,1H3;/q-1;. The van der Waals surface area contributed by atoms with Crippen LogP contribution in [-0.4, -0.2) is 19.6 Å². The molecule has 21 heavy (non-hydrogen) atoms. The largest absolute Gasteiger partial charge is 0.330 e. The number of imidazole rings is 1. The third-order valence-electron chi connectivity index (χ3n) is 3.47. The number of halogens is 1. The van der Waals surface area contributed by atoms with Crippen LogP contribution in [0.4, 0.5) is 4.39 Å². The second kappa shape index (κ2) is 5.20. The molecule has 0 spiro atoms. The van der Waals surface area contributed by atoms with Gasteiger partial charge in [-0.15, -0.1) is 0 Å². The van der Waals surface area contributed by atoms with Crippen molar-refractivity contribution < 1.29 is 21.2 Å². The predicted octanol–water partition coefficient (Wildman–Crippen LogP) is 2.91. The van der Waals surface area contributed by atoms with Crippen molar-refractivity contribution in [2.45, 2.75) is 25.7 Å². The van der Waals surface area contributed by atoms with Crippen LogP contribution in [0.2, 0.25) is 0 Å². The van der Waals surface area contributed by atoms with Gasteiger partial charge in [0.2, 0.25) is 0 Å². The van der Waals surface area contributed by atoms with E-state index < -0.39 is 0 Å². The molecule has 0 atom stereocenters. The summed E-state index contributed by atoms with van der Waals surface area (Å²) in [7, 11) is 0. The summed E-state index contributed by atoms with van der Waals surface area (Å²) in [5.41, 5.74) is 3.55. The van der Waals surface area contributed by atoms with Gasteiger partial charge in [0.05, 0.1) is 11.4 Å². The van der Waals surface area contributed by atoms with Crippen LogP contribution in [0.5, 0.6) is 0 Å². The third-order valence-corrected chi connectivity index (χ3v) is 3.47. The van der Waals surface area contributed by atoms with Crippen molar-refractivity contribution in [1.82, 2.24) is 19.6 Å². The summed E-state index contributed by atoms with van der Waals surface area (Å²) in [6.07, 6.45) is 4.00. The summed E-state index contributed by atoms with van der Waals surface area (Å²) in [4.78, 5) is 8.65. The minimum atomic E-state index is -0.299. The Hall–Kier alpha value is -1.79. The van der Waals surface area contributed by atoms with Gasteiger partial charge in [0.1, 0.15) is 5.82 Å². The van der Waals surface area contributed by atoms with E-state index in [-0.39, 0.29) is 22.6 Å². The normalized spacial score (nSPS) is 14.2. The number of fused-ring (bicyclic) bond motifs is 1. The summed E-state index contributed by atoms with van der Waals surface area (Å²) in [6.45, 7) is 1.77. The van der Waals surface area contributed by atoms with E-state index in [9.17, 15) is 4.39 Å². The minimum Gasteiger partial charge on any atom is -0.330 e. The first-order valence-corrected chi connectivity index (χ1v) is 6.61. The first-order chi connectivity index (χ1) is 9.70. The van der Waals surface area contributed by atoms with Gasteiger partial charge in [-0.1, -0.05) is 0 Å². The quantitative estimate of drug-likeness (QED) is 0.680. The summed E-state index contributed by atoms with van der Waals surface area (Å²) in [6, 6.07) is 7.82. The van der Waals surface area contributed by atoms with Gasteiger partial charge in [-0.3, -0.25) is 9.50 Å². The first kappa shape index (κ1) is 14.2. The van der Waals surface area contributed by atoms with Gasteiger partial charge in [0.25, 0.3) is 0 Å². The number of pyridine rings is 1. The van der Waals surface area contributed by atoms with Crippen molar-refractivity contribution in [1.29, 1.82) is 0 Å². The molecule has 0 unspecified atom stereocenters. The molecule has 0 N–H and O–H groups in total. The molecule has 1 fully saturated rings. The average molecular weight is 326 g/mol. The van der Waals surface area contributed by atoms with Gasteiger partial charge in [-0.05, 0) is 37.4 Å². The molecule has 6 heteroatoms. The maximum atomic E-state index is 13.5. The topological polar surface area (TPSA) is 43.1 Å². The molecule has 109 valence electrons. The zero-order valence-electron chi connectivity index (χ0n) is 11.3.